The number of furan rings is 1. The van der Waals surface area contributed by atoms with Gasteiger partial charge >= 0.3 is 0 Å². The van der Waals surface area contributed by atoms with Gasteiger partial charge in [-0.05, 0) is 55.5 Å². The van der Waals surface area contributed by atoms with E-state index in [0.717, 1.165) is 41.9 Å². The van der Waals surface area contributed by atoms with Crippen molar-refractivity contribution in [3.05, 3.63) is 54.2 Å². The van der Waals surface area contributed by atoms with Gasteiger partial charge in [0, 0.05) is 13.1 Å². The standard InChI is InChI=1S/C22H26N4O3S/c1-30-13-10-18(20-23-16-7-2-3-8-17(16)24-20)25-21(27)15-6-4-11-26(14-15)22(28)19-9-5-12-29-19/h2-3,5,7-9,12,15,18H,4,6,10-11,13-14H2,1H3,(H,23,24)(H,25,27)/t15-,18-/m1/s1. The number of nitrogens with zero attached hydrogens (tertiary/aromatic N) is 2. The summed E-state index contributed by atoms with van der Waals surface area (Å²) in [4.78, 5) is 35.4. The third-order valence-corrected chi connectivity index (χ3v) is 6.12. The molecule has 0 saturated carbocycles. The van der Waals surface area contributed by atoms with E-state index in [2.05, 4.69) is 21.5 Å². The van der Waals surface area contributed by atoms with Gasteiger partial charge in [-0.2, -0.15) is 11.8 Å². The maximum absolute atomic E-state index is 13.1. The van der Waals surface area contributed by atoms with E-state index in [1.165, 1.54) is 6.26 Å². The number of fused-ring (bicyclic) bond motifs is 1. The number of para-hydroxylation sites is 2. The van der Waals surface area contributed by atoms with Crippen LogP contribution in [-0.4, -0.2) is 51.8 Å². The van der Waals surface area contributed by atoms with Gasteiger partial charge in [0.2, 0.25) is 5.91 Å². The van der Waals surface area contributed by atoms with Crippen molar-refractivity contribution in [3.63, 3.8) is 0 Å². The Kier molecular flexibility index (Phi) is 6.42. The maximum Gasteiger partial charge on any atom is 0.289 e. The number of likely N-dealkylation sites (tertiary alicyclic amines) is 1. The van der Waals surface area contributed by atoms with Crippen LogP contribution in [0.4, 0.5) is 0 Å². The smallest absolute Gasteiger partial charge is 0.289 e. The number of imidazole rings is 1. The minimum atomic E-state index is -0.237. The van der Waals surface area contributed by atoms with E-state index in [4.69, 9.17) is 4.42 Å². The van der Waals surface area contributed by atoms with E-state index in [-0.39, 0.29) is 23.8 Å². The van der Waals surface area contributed by atoms with Gasteiger partial charge in [-0.3, -0.25) is 9.59 Å². The topological polar surface area (TPSA) is 91.2 Å². The minimum absolute atomic E-state index is 0.0292. The molecule has 3 heterocycles. The van der Waals surface area contributed by atoms with Gasteiger partial charge in [0.15, 0.2) is 5.76 Å². The number of H-pyrrole nitrogens is 1. The van der Waals surface area contributed by atoms with Crippen LogP contribution >= 0.6 is 11.8 Å². The molecule has 7 nitrogen and oxygen atoms in total. The molecule has 0 unspecified atom stereocenters. The molecule has 2 atom stereocenters. The van der Waals surface area contributed by atoms with Crippen molar-refractivity contribution in [1.29, 1.82) is 0 Å². The van der Waals surface area contributed by atoms with Gasteiger partial charge < -0.3 is 19.6 Å². The van der Waals surface area contributed by atoms with Gasteiger partial charge in [0.05, 0.1) is 29.3 Å². The van der Waals surface area contributed by atoms with Crippen LogP contribution < -0.4 is 5.32 Å². The summed E-state index contributed by atoms with van der Waals surface area (Å²) < 4.78 is 5.23. The fourth-order valence-electron chi connectivity index (χ4n) is 3.87. The van der Waals surface area contributed by atoms with Gasteiger partial charge in [0.1, 0.15) is 5.82 Å². The van der Waals surface area contributed by atoms with Crippen LogP contribution in [0.3, 0.4) is 0 Å². The average Bonchev–Trinajstić information content (AvgIpc) is 3.46. The number of aromatic nitrogens is 2. The monoisotopic (exact) mass is 426 g/mol. The number of aromatic amines is 1. The highest BCUT2D eigenvalue weighted by molar-refractivity contribution is 7.98. The van der Waals surface area contributed by atoms with Crippen LogP contribution in [0.2, 0.25) is 0 Å². The van der Waals surface area contributed by atoms with Crippen LogP contribution in [0, 0.1) is 5.92 Å². The number of thioether (sulfide) groups is 1. The first-order valence-corrected chi connectivity index (χ1v) is 11.6. The maximum atomic E-state index is 13.1. The van der Waals surface area contributed by atoms with Gasteiger partial charge in [0.25, 0.3) is 5.91 Å². The third-order valence-electron chi connectivity index (χ3n) is 5.48. The molecular formula is C22H26N4O3S. The summed E-state index contributed by atoms with van der Waals surface area (Å²) in [7, 11) is 0. The Morgan fingerprint density at radius 1 is 1.33 bits per heavy atom. The second-order valence-corrected chi connectivity index (χ2v) is 8.54. The lowest BCUT2D eigenvalue weighted by atomic mass is 9.96. The van der Waals surface area contributed by atoms with Crippen molar-refractivity contribution < 1.29 is 14.0 Å². The van der Waals surface area contributed by atoms with Crippen LogP contribution in [0.5, 0.6) is 0 Å². The normalized spacial score (nSPS) is 17.8. The van der Waals surface area contributed by atoms with Crippen LogP contribution in [0.15, 0.2) is 47.1 Å². The molecule has 1 saturated heterocycles. The van der Waals surface area contributed by atoms with Gasteiger partial charge in [-0.1, -0.05) is 12.1 Å². The molecule has 4 rings (SSSR count). The van der Waals surface area contributed by atoms with Crippen LogP contribution in [0.1, 0.15) is 41.7 Å². The first-order valence-electron chi connectivity index (χ1n) is 10.2. The molecule has 30 heavy (non-hydrogen) atoms. The van der Waals surface area contributed by atoms with E-state index in [0.29, 0.717) is 18.8 Å². The van der Waals surface area contributed by atoms with E-state index in [9.17, 15) is 9.59 Å². The molecule has 2 N–H and O–H groups in total. The van der Waals surface area contributed by atoms with Crippen molar-refractivity contribution in [2.24, 2.45) is 5.92 Å². The van der Waals surface area contributed by atoms with E-state index in [1.54, 1.807) is 28.8 Å². The van der Waals surface area contributed by atoms with Gasteiger partial charge in [-0.25, -0.2) is 4.98 Å². The number of nitrogens with one attached hydrogen (secondary N) is 2. The zero-order valence-corrected chi connectivity index (χ0v) is 17.8. The number of hydrogen-bond donors (Lipinski definition) is 2. The Balaban J connectivity index is 1.45. The van der Waals surface area contributed by atoms with E-state index >= 15 is 0 Å². The lowest BCUT2D eigenvalue weighted by Crippen LogP contribution is -2.46. The fourth-order valence-corrected chi connectivity index (χ4v) is 4.34. The molecule has 8 heteroatoms. The molecule has 0 bridgehead atoms. The first-order chi connectivity index (χ1) is 14.7. The Morgan fingerprint density at radius 3 is 2.97 bits per heavy atom. The average molecular weight is 427 g/mol. The first kappa shape index (κ1) is 20.5. The second-order valence-electron chi connectivity index (χ2n) is 7.55. The highest BCUT2D eigenvalue weighted by Crippen LogP contribution is 2.23. The van der Waals surface area contributed by atoms with E-state index < -0.39 is 0 Å². The van der Waals surface area contributed by atoms with Crippen molar-refractivity contribution in [2.75, 3.05) is 25.1 Å². The van der Waals surface area contributed by atoms with E-state index in [1.807, 2.05) is 24.3 Å². The molecule has 2 amide bonds. The van der Waals surface area contributed by atoms with Crippen molar-refractivity contribution in [2.45, 2.75) is 25.3 Å². The number of carbonyl (C=O) groups is 2. The molecule has 2 aromatic heterocycles. The molecule has 1 aliphatic rings. The number of piperidine rings is 1. The molecule has 1 aliphatic heterocycles. The lowest BCUT2D eigenvalue weighted by Gasteiger charge is -2.32. The summed E-state index contributed by atoms with van der Waals surface area (Å²) in [5.74, 6) is 1.58. The second kappa shape index (κ2) is 9.38. The summed E-state index contributed by atoms with van der Waals surface area (Å²) >= 11 is 1.74. The molecule has 1 fully saturated rings. The van der Waals surface area contributed by atoms with Gasteiger partial charge in [-0.15, -0.1) is 0 Å². The molecule has 0 aliphatic carbocycles. The number of amides is 2. The summed E-state index contributed by atoms with van der Waals surface area (Å²) in [5.41, 5.74) is 1.85. The molecule has 0 radical (unpaired) electrons. The van der Waals surface area contributed by atoms with Crippen LogP contribution in [-0.2, 0) is 4.79 Å². The molecule has 0 spiro atoms. The largest absolute Gasteiger partial charge is 0.459 e. The molecule has 3 aromatic rings. The van der Waals surface area contributed by atoms with Crippen LogP contribution in [0.25, 0.3) is 11.0 Å². The quantitative estimate of drug-likeness (QED) is 0.602. The zero-order chi connectivity index (χ0) is 20.9. The predicted molar refractivity (Wildman–Crippen MR) is 117 cm³/mol. The number of rotatable bonds is 7. The van der Waals surface area contributed by atoms with Crippen molar-refractivity contribution in [1.82, 2.24) is 20.2 Å². The highest BCUT2D eigenvalue weighted by atomic mass is 32.2. The Labute approximate surface area is 179 Å². The summed E-state index contributed by atoms with van der Waals surface area (Å²) in [6, 6.07) is 11.0. The Hall–Kier alpha value is -2.74. The number of hydrogen-bond acceptors (Lipinski definition) is 5. The zero-order valence-electron chi connectivity index (χ0n) is 17.0. The van der Waals surface area contributed by atoms with Crippen molar-refractivity contribution in [3.8, 4) is 0 Å². The molecule has 158 valence electrons. The minimum Gasteiger partial charge on any atom is -0.459 e. The molecule has 1 aromatic carbocycles. The number of carbonyl (C=O) groups excluding carboxylic acids is 2. The predicted octanol–water partition coefficient (Wildman–Crippen LogP) is 3.62. The lowest BCUT2D eigenvalue weighted by molar-refractivity contribution is -0.127. The Bertz CT molecular complexity index is 968. The number of benzene rings is 1. The summed E-state index contributed by atoms with van der Waals surface area (Å²) in [6.07, 6.45) is 5.89. The molecular weight excluding hydrogens is 400 g/mol. The fraction of sp³-hybridized carbons (Fsp3) is 0.409. The SMILES string of the molecule is CSCC[C@@H](NC(=O)[C@@H]1CCCN(C(=O)c2ccco2)C1)c1nc2ccccc2[nH]1. The van der Waals surface area contributed by atoms with Crippen molar-refractivity contribution >= 4 is 34.6 Å². The Morgan fingerprint density at radius 2 is 2.20 bits per heavy atom. The summed E-state index contributed by atoms with van der Waals surface area (Å²) in [5, 5.41) is 3.19. The third kappa shape index (κ3) is 4.53. The summed E-state index contributed by atoms with van der Waals surface area (Å²) in [6.45, 7) is 1.05. The highest BCUT2D eigenvalue weighted by Gasteiger charge is 2.31.